The maximum absolute atomic E-state index is 2.42. The van der Waals surface area contributed by atoms with Crippen molar-refractivity contribution in [1.82, 2.24) is 0 Å². The van der Waals surface area contributed by atoms with Gasteiger partial charge in [-0.25, -0.2) is 0 Å². The molecule has 0 aliphatic heterocycles. The molecule has 274 valence electrons. The summed E-state index contributed by atoms with van der Waals surface area (Å²) in [6.45, 7) is 20.7. The molecule has 0 spiro atoms. The minimum absolute atomic E-state index is 0.0643. The maximum Gasteiger partial charge on any atom is 0.0465 e. The predicted octanol–water partition coefficient (Wildman–Crippen LogP) is 15.4. The van der Waals surface area contributed by atoms with E-state index in [-0.39, 0.29) is 16.2 Å². The SMILES string of the molecule is Cc1cccc(-c2ccc(N(c3ccc(-c4cccc(-c5cc(C(C)(C)C)cc(C(C)(C)C)c5)c4)cc3)c3ccc4c(c3)C(C)(C)c3ccccc3-4)cc2)c1. The number of benzene rings is 7. The fraction of sp³-hybridized carbons (Fsp3) is 0.222. The van der Waals surface area contributed by atoms with E-state index in [1.165, 1.54) is 72.3 Å². The molecule has 0 atom stereocenters. The molecular weight excluding hydrogens is 663 g/mol. The summed E-state index contributed by atoms with van der Waals surface area (Å²) in [5, 5.41) is 0. The van der Waals surface area contributed by atoms with Gasteiger partial charge < -0.3 is 4.90 Å². The molecule has 1 heteroatoms. The number of nitrogens with zero attached hydrogens (tertiary/aromatic N) is 1. The Labute approximate surface area is 329 Å². The minimum Gasteiger partial charge on any atom is -0.310 e. The highest BCUT2D eigenvalue weighted by Crippen LogP contribution is 2.50. The van der Waals surface area contributed by atoms with Gasteiger partial charge in [0.05, 0.1) is 0 Å². The smallest absolute Gasteiger partial charge is 0.0465 e. The molecule has 7 aromatic carbocycles. The van der Waals surface area contributed by atoms with E-state index in [0.29, 0.717) is 0 Å². The van der Waals surface area contributed by atoms with Crippen molar-refractivity contribution in [3.8, 4) is 44.5 Å². The Morgan fingerprint density at radius 1 is 0.382 bits per heavy atom. The van der Waals surface area contributed by atoms with Crippen LogP contribution in [0.15, 0.2) is 158 Å². The van der Waals surface area contributed by atoms with E-state index < -0.39 is 0 Å². The average molecular weight is 716 g/mol. The van der Waals surface area contributed by atoms with Crippen molar-refractivity contribution < 1.29 is 0 Å². The number of hydrogen-bond acceptors (Lipinski definition) is 1. The van der Waals surface area contributed by atoms with Crippen molar-refractivity contribution >= 4 is 17.1 Å². The van der Waals surface area contributed by atoms with Crippen molar-refractivity contribution in [2.45, 2.75) is 78.6 Å². The number of aryl methyl sites for hydroxylation is 1. The molecule has 1 aliphatic rings. The fourth-order valence-electron chi connectivity index (χ4n) is 8.25. The topological polar surface area (TPSA) is 3.24 Å². The molecule has 0 saturated carbocycles. The molecule has 55 heavy (non-hydrogen) atoms. The van der Waals surface area contributed by atoms with Gasteiger partial charge in [0, 0.05) is 22.5 Å². The Bertz CT molecular complexity index is 2480. The van der Waals surface area contributed by atoms with Crippen LogP contribution in [0, 0.1) is 6.92 Å². The first-order chi connectivity index (χ1) is 26.2. The van der Waals surface area contributed by atoms with Gasteiger partial charge in [0.1, 0.15) is 0 Å². The van der Waals surface area contributed by atoms with Crippen LogP contribution in [-0.2, 0) is 16.2 Å². The zero-order valence-electron chi connectivity index (χ0n) is 34.0. The Morgan fingerprint density at radius 3 is 1.44 bits per heavy atom. The van der Waals surface area contributed by atoms with Crippen molar-refractivity contribution in [3.63, 3.8) is 0 Å². The van der Waals surface area contributed by atoms with Crippen LogP contribution in [0.3, 0.4) is 0 Å². The zero-order chi connectivity index (χ0) is 38.7. The van der Waals surface area contributed by atoms with Crippen LogP contribution in [0.5, 0.6) is 0 Å². The van der Waals surface area contributed by atoms with E-state index in [1.807, 2.05) is 0 Å². The highest BCUT2D eigenvalue weighted by atomic mass is 15.1. The monoisotopic (exact) mass is 715 g/mol. The van der Waals surface area contributed by atoms with Crippen LogP contribution in [0.2, 0.25) is 0 Å². The molecule has 0 heterocycles. The molecular formula is C54H53N. The standard InChI is InChI=1S/C54H53N/c1-36-14-12-15-39(30-36)37-20-24-45(25-21-37)55(47-28-29-49-48-18-10-11-19-50(48)54(8,9)51(49)35-47)46-26-22-38(23-27-46)40-16-13-17-41(31-40)42-32-43(52(2,3)4)34-44(33-42)53(5,6)7/h10-35H,1-9H3. The molecule has 0 radical (unpaired) electrons. The minimum atomic E-state index is -0.0858. The number of fused-ring (bicyclic) bond motifs is 3. The van der Waals surface area contributed by atoms with E-state index in [4.69, 9.17) is 0 Å². The number of rotatable bonds is 6. The highest BCUT2D eigenvalue weighted by Gasteiger charge is 2.35. The summed E-state index contributed by atoms with van der Waals surface area (Å²) in [5.74, 6) is 0. The van der Waals surface area contributed by atoms with Crippen molar-refractivity contribution in [2.24, 2.45) is 0 Å². The Balaban J connectivity index is 1.19. The molecule has 0 amide bonds. The van der Waals surface area contributed by atoms with Crippen LogP contribution in [0.25, 0.3) is 44.5 Å². The van der Waals surface area contributed by atoms with E-state index >= 15 is 0 Å². The summed E-state index contributed by atoms with van der Waals surface area (Å²) in [6.07, 6.45) is 0. The second kappa shape index (κ2) is 13.6. The third-order valence-corrected chi connectivity index (χ3v) is 11.6. The molecule has 0 aromatic heterocycles. The number of anilines is 3. The lowest BCUT2D eigenvalue weighted by atomic mass is 9.79. The van der Waals surface area contributed by atoms with Gasteiger partial charge in [-0.05, 0) is 127 Å². The normalized spacial score (nSPS) is 13.3. The highest BCUT2D eigenvalue weighted by molar-refractivity contribution is 5.86. The van der Waals surface area contributed by atoms with Gasteiger partial charge in [-0.2, -0.15) is 0 Å². The van der Waals surface area contributed by atoms with Crippen LogP contribution in [-0.4, -0.2) is 0 Å². The van der Waals surface area contributed by atoms with Crippen molar-refractivity contribution in [3.05, 3.63) is 186 Å². The molecule has 1 nitrogen and oxygen atoms in total. The van der Waals surface area contributed by atoms with E-state index in [0.717, 1.165) is 17.1 Å². The number of hydrogen-bond donors (Lipinski definition) is 0. The van der Waals surface area contributed by atoms with Gasteiger partial charge in [-0.3, -0.25) is 0 Å². The second-order valence-electron chi connectivity index (χ2n) is 18.1. The molecule has 0 unspecified atom stereocenters. The largest absolute Gasteiger partial charge is 0.310 e. The third kappa shape index (κ3) is 6.94. The first kappa shape index (κ1) is 36.3. The van der Waals surface area contributed by atoms with Crippen LogP contribution in [0.4, 0.5) is 17.1 Å². The van der Waals surface area contributed by atoms with Gasteiger partial charge in [0.25, 0.3) is 0 Å². The van der Waals surface area contributed by atoms with E-state index in [9.17, 15) is 0 Å². The molecule has 0 fully saturated rings. The van der Waals surface area contributed by atoms with Gasteiger partial charge in [0.2, 0.25) is 0 Å². The molecule has 1 aliphatic carbocycles. The first-order valence-electron chi connectivity index (χ1n) is 19.8. The first-order valence-corrected chi connectivity index (χ1v) is 19.8. The van der Waals surface area contributed by atoms with Gasteiger partial charge in [0.15, 0.2) is 0 Å². The molecule has 0 saturated heterocycles. The zero-order valence-corrected chi connectivity index (χ0v) is 34.0. The predicted molar refractivity (Wildman–Crippen MR) is 237 cm³/mol. The quantitative estimate of drug-likeness (QED) is 0.166. The lowest BCUT2D eigenvalue weighted by molar-refractivity contribution is 0.569. The summed E-state index contributed by atoms with van der Waals surface area (Å²) < 4.78 is 0. The lowest BCUT2D eigenvalue weighted by Gasteiger charge is -2.28. The summed E-state index contributed by atoms with van der Waals surface area (Å²) in [4.78, 5) is 2.41. The summed E-state index contributed by atoms with van der Waals surface area (Å²) >= 11 is 0. The molecule has 0 bridgehead atoms. The summed E-state index contributed by atoms with van der Waals surface area (Å²) in [6, 6.07) is 59.0. The summed E-state index contributed by atoms with van der Waals surface area (Å²) in [5.41, 5.74) is 20.3. The molecule has 0 N–H and O–H groups in total. The maximum atomic E-state index is 2.42. The fourth-order valence-corrected chi connectivity index (χ4v) is 8.25. The van der Waals surface area contributed by atoms with Gasteiger partial charge >= 0.3 is 0 Å². The third-order valence-electron chi connectivity index (χ3n) is 11.6. The average Bonchev–Trinajstić information content (AvgIpc) is 3.40. The van der Waals surface area contributed by atoms with E-state index in [1.54, 1.807) is 0 Å². The lowest BCUT2D eigenvalue weighted by Crippen LogP contribution is -2.16. The van der Waals surface area contributed by atoms with Gasteiger partial charge in [-0.15, -0.1) is 0 Å². The van der Waals surface area contributed by atoms with Crippen molar-refractivity contribution in [1.29, 1.82) is 0 Å². The van der Waals surface area contributed by atoms with Crippen LogP contribution in [0.1, 0.15) is 83.2 Å². The van der Waals surface area contributed by atoms with Gasteiger partial charge in [-0.1, -0.05) is 176 Å². The Morgan fingerprint density at radius 2 is 0.873 bits per heavy atom. The molecule has 8 rings (SSSR count). The van der Waals surface area contributed by atoms with E-state index in [2.05, 4.69) is 225 Å². The second-order valence-corrected chi connectivity index (χ2v) is 18.1. The van der Waals surface area contributed by atoms with Crippen LogP contribution >= 0.6 is 0 Å². The van der Waals surface area contributed by atoms with Crippen molar-refractivity contribution in [2.75, 3.05) is 4.90 Å². The summed E-state index contributed by atoms with van der Waals surface area (Å²) in [7, 11) is 0. The Hall–Kier alpha value is -5.66. The van der Waals surface area contributed by atoms with Crippen LogP contribution < -0.4 is 4.90 Å². The Kier molecular flexibility index (Phi) is 8.96. The molecule has 7 aromatic rings.